The Morgan fingerprint density at radius 2 is 0.525 bits per heavy atom. The number of aromatic nitrogens is 6. The number of benzene rings is 6. The van der Waals surface area contributed by atoms with Crippen LogP contribution in [0.25, 0.3) is 32.3 Å². The van der Waals surface area contributed by atoms with Crippen molar-refractivity contribution in [2.75, 3.05) is 29.4 Å². The molecule has 0 unspecified atom stereocenters. The van der Waals surface area contributed by atoms with E-state index in [4.69, 9.17) is 33.7 Å². The topological polar surface area (TPSA) is 397 Å². The molecular formula is C82H36Cl2F6N16O12. The van der Waals surface area contributed by atoms with Gasteiger partial charge < -0.3 is 0 Å². The lowest BCUT2D eigenvalue weighted by Gasteiger charge is -2.31. The fraction of sp³-hybridized carbons (Fsp3) is 0.0732. The van der Waals surface area contributed by atoms with Gasteiger partial charge in [0.15, 0.2) is 11.6 Å². The number of carbonyl (C=O) groups excluding carboxylic acids is 12. The smallest absolute Gasteiger partial charge is 0.268 e. The van der Waals surface area contributed by atoms with E-state index < -0.39 is 116 Å². The first kappa shape index (κ1) is 76.0. The number of imide groups is 6. The average molecular weight is 1620 g/mol. The number of hydrogen-bond donors (Lipinski definition) is 0. The zero-order valence-electron chi connectivity index (χ0n) is 59.9. The second kappa shape index (κ2) is 27.4. The molecule has 0 bridgehead atoms. The van der Waals surface area contributed by atoms with Crippen LogP contribution in [-0.2, 0) is 12.4 Å². The molecule has 6 aromatic heterocycles. The minimum Gasteiger partial charge on any atom is -0.268 e. The second-order valence-electron chi connectivity index (χ2n) is 26.7. The van der Waals surface area contributed by atoms with Gasteiger partial charge in [0, 0.05) is 124 Å². The first-order chi connectivity index (χ1) is 56.1. The van der Waals surface area contributed by atoms with Crippen molar-refractivity contribution in [1.29, 1.82) is 21.0 Å². The standard InChI is InChI=1S/C30H18N6O4.C26H8Cl2F6N4O4.C26H10N6O4/c1-13-9-23(33-15(3)21(13)11-31)35-27(37)17-5-7-19-26-20(8-6-18(25(17)26)28(35)38)30(40)36(29(19)39)24-10-14(2)22(12-32)16(4)34-24;27-15-5-9(25(29,30)31)7-35-19(15)37-21(39)11-1-2-12-18-14(4-3-13(17(11)18)23(37)41)24(42)38(22(12)40)20-16(28)6-10(8-36-20)26(32,33)34;27-9-13-1-7-19(29-11-13)31-23(33)15-3-5-17-22-18(6-4-16(21(15)22)24(31)34)26(36)32(25(17)35)20-8-2-14(10-28)12-30-20/h5-10H,1-4H3;1-8H;1-8,11-12H. The lowest BCUT2D eigenvalue weighted by Crippen LogP contribution is -2.44. The Bertz CT molecular complexity index is 6400. The van der Waals surface area contributed by atoms with Gasteiger partial charge in [0.1, 0.15) is 47.5 Å². The van der Waals surface area contributed by atoms with Gasteiger partial charge in [-0.1, -0.05) is 23.2 Å². The number of aryl methyl sites for hydroxylation is 4. The Balaban J connectivity index is 0.000000133. The summed E-state index contributed by atoms with van der Waals surface area (Å²) in [7, 11) is 0. The molecule has 0 saturated carbocycles. The van der Waals surface area contributed by atoms with Crippen molar-refractivity contribution in [3.63, 3.8) is 0 Å². The van der Waals surface area contributed by atoms with Crippen molar-refractivity contribution in [3.05, 3.63) is 279 Å². The van der Waals surface area contributed by atoms with E-state index in [0.29, 0.717) is 68.0 Å². The predicted octanol–water partition coefficient (Wildman–Crippen LogP) is 13.8. The highest BCUT2D eigenvalue weighted by Gasteiger charge is 2.47. The Morgan fingerprint density at radius 1 is 0.297 bits per heavy atom. The number of carbonyl (C=O) groups is 12. The molecule has 0 aliphatic carbocycles. The molecule has 12 heterocycles. The Labute approximate surface area is 665 Å². The lowest BCUT2D eigenvalue weighted by atomic mass is 9.86. The quantitative estimate of drug-likeness (QED) is 0.110. The number of amides is 12. The van der Waals surface area contributed by atoms with Crippen LogP contribution in [0.1, 0.15) is 180 Å². The van der Waals surface area contributed by atoms with Crippen molar-refractivity contribution >= 4 is 161 Å². The van der Waals surface area contributed by atoms with Crippen molar-refractivity contribution in [1.82, 2.24) is 29.9 Å². The van der Waals surface area contributed by atoms with E-state index in [9.17, 15) is 94.4 Å². The number of halogens is 8. The molecule has 0 radical (unpaired) electrons. The largest absolute Gasteiger partial charge is 0.417 e. The summed E-state index contributed by atoms with van der Waals surface area (Å²) < 4.78 is 78.5. The van der Waals surface area contributed by atoms with Crippen LogP contribution in [0, 0.1) is 73.0 Å². The minimum absolute atomic E-state index is 0.0493. The molecule has 28 nitrogen and oxygen atoms in total. The summed E-state index contributed by atoms with van der Waals surface area (Å²) >= 11 is 12.0. The molecule has 6 aliphatic rings. The molecule has 572 valence electrons. The number of nitriles is 4. The number of nitrogens with zero attached hydrogens (tertiary/aromatic N) is 16. The third-order valence-corrected chi connectivity index (χ3v) is 20.6. The number of anilines is 6. The van der Waals surface area contributed by atoms with Crippen molar-refractivity contribution < 1.29 is 83.9 Å². The zero-order chi connectivity index (χ0) is 84.2. The van der Waals surface area contributed by atoms with Crippen molar-refractivity contribution in [2.24, 2.45) is 0 Å². The monoisotopic (exact) mass is 1620 g/mol. The van der Waals surface area contributed by atoms with Gasteiger partial charge in [0.25, 0.3) is 70.9 Å². The lowest BCUT2D eigenvalue weighted by molar-refractivity contribution is -0.138. The third kappa shape index (κ3) is 11.5. The van der Waals surface area contributed by atoms with Crippen molar-refractivity contribution in [2.45, 2.75) is 40.0 Å². The molecule has 12 amide bonds. The molecule has 36 heteroatoms. The molecular weight excluding hydrogens is 1590 g/mol. The van der Waals surface area contributed by atoms with Crippen LogP contribution < -0.4 is 29.4 Å². The minimum atomic E-state index is -4.79. The van der Waals surface area contributed by atoms with Gasteiger partial charge in [-0.15, -0.1) is 0 Å². The van der Waals surface area contributed by atoms with Crippen LogP contribution in [0.5, 0.6) is 0 Å². The van der Waals surface area contributed by atoms with E-state index in [-0.39, 0.29) is 133 Å². The maximum atomic E-state index is 13.7. The van der Waals surface area contributed by atoms with Crippen LogP contribution in [-0.4, -0.2) is 101 Å². The number of rotatable bonds is 6. The van der Waals surface area contributed by atoms with Crippen LogP contribution in [0.15, 0.2) is 146 Å². The summed E-state index contributed by atoms with van der Waals surface area (Å²) in [6.45, 7) is 6.65. The normalized spacial score (nSPS) is 14.5. The molecule has 12 aromatic rings. The first-order valence-corrected chi connectivity index (χ1v) is 35.0. The van der Waals surface area contributed by atoms with E-state index in [1.807, 2.05) is 12.1 Å². The van der Waals surface area contributed by atoms with Crippen molar-refractivity contribution in [3.8, 4) is 24.3 Å². The van der Waals surface area contributed by atoms with Gasteiger partial charge >= 0.3 is 12.4 Å². The molecule has 6 aliphatic heterocycles. The zero-order valence-corrected chi connectivity index (χ0v) is 61.4. The summed E-state index contributed by atoms with van der Waals surface area (Å²) in [5, 5.41) is 36.2. The van der Waals surface area contributed by atoms with Gasteiger partial charge in [-0.2, -0.15) is 47.4 Å². The molecule has 18 rings (SSSR count). The first-order valence-electron chi connectivity index (χ1n) is 34.2. The maximum Gasteiger partial charge on any atom is 0.417 e. The molecule has 118 heavy (non-hydrogen) atoms. The Hall–Kier alpha value is -16.0. The summed E-state index contributed by atoms with van der Waals surface area (Å²) in [5.74, 6) is -10.3. The van der Waals surface area contributed by atoms with E-state index in [0.717, 1.165) is 43.9 Å². The summed E-state index contributed by atoms with van der Waals surface area (Å²) in [5.41, 5.74) is 1.13. The SMILES string of the molecule is Cc1cc(N2C(=O)c3ccc4c5c(ccc(c35)C2=O)C(=O)N(c2cc(C)c(C#N)c(C)n2)C4=O)nc(C)c1C#N.N#Cc1ccc(N2C(=O)c3ccc4c5c(ccc(c35)C2=O)C(=O)N(c2ccc(C#N)cn2)C4=O)nc1.O=C1c2ccc3c4c(ccc(c24)C(=O)N1c1ncc(C(F)(F)F)cc1Cl)C(=O)N(c1ncc(C(F)(F)F)cc1Cl)C3=O. The molecule has 0 atom stereocenters. The highest BCUT2D eigenvalue weighted by Crippen LogP contribution is 2.47. The van der Waals surface area contributed by atoms with Crippen LogP contribution in [0.4, 0.5) is 61.2 Å². The van der Waals surface area contributed by atoms with Gasteiger partial charge in [-0.25, -0.2) is 59.3 Å². The average Bonchev–Trinajstić information content (AvgIpc) is 0.711. The van der Waals surface area contributed by atoms with Gasteiger partial charge in [-0.05, 0) is 160 Å². The highest BCUT2D eigenvalue weighted by atomic mass is 35.5. The van der Waals surface area contributed by atoms with Gasteiger partial charge in [0.2, 0.25) is 0 Å². The summed E-state index contributed by atoms with van der Waals surface area (Å²) in [6.07, 6.45) is -6.26. The number of hydrogen-bond acceptors (Lipinski definition) is 22. The predicted molar refractivity (Wildman–Crippen MR) is 402 cm³/mol. The molecule has 0 fully saturated rings. The van der Waals surface area contributed by atoms with Crippen LogP contribution >= 0.6 is 23.2 Å². The fourth-order valence-electron chi connectivity index (χ4n) is 14.7. The molecule has 0 N–H and O–H groups in total. The number of alkyl halides is 6. The van der Waals surface area contributed by atoms with E-state index in [2.05, 4.69) is 42.0 Å². The third-order valence-electron chi connectivity index (χ3n) is 20.1. The van der Waals surface area contributed by atoms with Crippen LogP contribution in [0.3, 0.4) is 0 Å². The van der Waals surface area contributed by atoms with E-state index >= 15 is 0 Å². The van der Waals surface area contributed by atoms with E-state index in [1.165, 1.54) is 97.3 Å². The fourth-order valence-corrected chi connectivity index (χ4v) is 15.2. The van der Waals surface area contributed by atoms with E-state index in [1.54, 1.807) is 27.7 Å². The number of pyridine rings is 6. The molecule has 0 spiro atoms. The molecule has 0 saturated heterocycles. The second-order valence-corrected chi connectivity index (χ2v) is 27.5. The maximum absolute atomic E-state index is 13.7. The Morgan fingerprint density at radius 3 is 0.712 bits per heavy atom. The Kier molecular flexibility index (Phi) is 17.6. The van der Waals surface area contributed by atoms with Gasteiger partial charge in [-0.3, -0.25) is 57.5 Å². The highest BCUT2D eigenvalue weighted by molar-refractivity contribution is 6.47. The summed E-state index contributed by atoms with van der Waals surface area (Å²) in [4.78, 5) is 191. The molecule has 6 aromatic carbocycles. The van der Waals surface area contributed by atoms with Gasteiger partial charge in [0.05, 0.1) is 54.8 Å². The summed E-state index contributed by atoms with van der Waals surface area (Å²) in [6, 6.07) is 33.9. The van der Waals surface area contributed by atoms with Crippen LogP contribution in [0.2, 0.25) is 10.0 Å².